The molecule has 0 unspecified atom stereocenters. The molecule has 8 heteroatoms. The third-order valence-corrected chi connectivity index (χ3v) is 3.35. The van der Waals surface area contributed by atoms with Crippen LogP contribution in [0.5, 0.6) is 11.5 Å². The summed E-state index contributed by atoms with van der Waals surface area (Å²) in [6, 6.07) is 10.6. The van der Waals surface area contributed by atoms with E-state index in [2.05, 4.69) is 10.5 Å². The van der Waals surface area contributed by atoms with Crippen LogP contribution in [0.3, 0.4) is 0 Å². The van der Waals surface area contributed by atoms with Crippen LogP contribution < -0.4 is 14.9 Å². The molecule has 0 heterocycles. The maximum atomic E-state index is 12.0. The molecular weight excluding hydrogens is 350 g/mol. The van der Waals surface area contributed by atoms with Gasteiger partial charge in [0.25, 0.3) is 11.6 Å². The monoisotopic (exact) mass is 371 g/mol. The number of hydrogen-bond donors (Lipinski definition) is 1. The van der Waals surface area contributed by atoms with Crippen molar-refractivity contribution in [1.29, 1.82) is 0 Å². The Morgan fingerprint density at radius 3 is 2.52 bits per heavy atom. The molecule has 2 aromatic rings. The van der Waals surface area contributed by atoms with Crippen LogP contribution in [0.15, 0.2) is 47.6 Å². The summed E-state index contributed by atoms with van der Waals surface area (Å²) in [7, 11) is 0. The highest BCUT2D eigenvalue weighted by Crippen LogP contribution is 2.28. The Morgan fingerprint density at radius 1 is 1.22 bits per heavy atom. The van der Waals surface area contributed by atoms with E-state index in [0.29, 0.717) is 18.1 Å². The first kappa shape index (κ1) is 19.9. The van der Waals surface area contributed by atoms with E-state index < -0.39 is 10.8 Å². The summed E-state index contributed by atoms with van der Waals surface area (Å²) in [5.41, 5.74) is 3.29. The molecule has 0 fully saturated rings. The van der Waals surface area contributed by atoms with Gasteiger partial charge in [-0.3, -0.25) is 14.9 Å². The average molecular weight is 371 g/mol. The third-order valence-electron chi connectivity index (χ3n) is 3.35. The summed E-state index contributed by atoms with van der Waals surface area (Å²) in [6.45, 7) is 6.23. The van der Waals surface area contributed by atoms with Crippen LogP contribution in [-0.2, 0) is 0 Å². The van der Waals surface area contributed by atoms with E-state index in [9.17, 15) is 14.9 Å². The highest BCUT2D eigenvalue weighted by atomic mass is 16.6. The molecular formula is C19H21N3O5. The van der Waals surface area contributed by atoms with Gasteiger partial charge in [-0.15, -0.1) is 0 Å². The van der Waals surface area contributed by atoms with Gasteiger partial charge in [0.05, 0.1) is 23.8 Å². The van der Waals surface area contributed by atoms with Crippen LogP contribution in [0.25, 0.3) is 0 Å². The number of nitro benzene ring substituents is 1. The molecule has 1 N–H and O–H groups in total. The maximum absolute atomic E-state index is 12.0. The Bertz CT molecular complexity index is 832. The lowest BCUT2D eigenvalue weighted by Crippen LogP contribution is -2.17. The minimum Gasteiger partial charge on any atom is -0.490 e. The molecule has 0 aliphatic carbocycles. The van der Waals surface area contributed by atoms with E-state index in [4.69, 9.17) is 9.47 Å². The standard InChI is InChI=1S/C19H21N3O5/c1-4-26-18-11-14(5-10-17(18)27-13(2)3)12-20-21-19(23)15-6-8-16(9-7-15)22(24)25/h5-13H,4H2,1-3H3,(H,21,23)/b20-12+. The van der Waals surface area contributed by atoms with E-state index >= 15 is 0 Å². The molecule has 0 aliphatic rings. The Morgan fingerprint density at radius 2 is 1.93 bits per heavy atom. The fourth-order valence-electron chi connectivity index (χ4n) is 2.19. The van der Waals surface area contributed by atoms with E-state index in [1.807, 2.05) is 20.8 Å². The molecule has 142 valence electrons. The number of ether oxygens (including phenoxy) is 2. The molecule has 27 heavy (non-hydrogen) atoms. The number of carbonyl (C=O) groups excluding carboxylic acids is 1. The van der Waals surface area contributed by atoms with Crippen molar-refractivity contribution in [1.82, 2.24) is 5.43 Å². The van der Waals surface area contributed by atoms with E-state index in [-0.39, 0.29) is 17.4 Å². The van der Waals surface area contributed by atoms with Gasteiger partial charge in [0.15, 0.2) is 11.5 Å². The fraction of sp³-hybridized carbons (Fsp3) is 0.263. The summed E-state index contributed by atoms with van der Waals surface area (Å²) in [5, 5.41) is 14.5. The van der Waals surface area contributed by atoms with Gasteiger partial charge < -0.3 is 9.47 Å². The molecule has 1 amide bonds. The molecule has 8 nitrogen and oxygen atoms in total. The van der Waals surface area contributed by atoms with Crippen molar-refractivity contribution in [2.24, 2.45) is 5.10 Å². The van der Waals surface area contributed by atoms with Crippen molar-refractivity contribution < 1.29 is 19.2 Å². The molecule has 0 spiro atoms. The number of rotatable bonds is 8. The second kappa shape index (κ2) is 9.33. The molecule has 0 aromatic heterocycles. The fourth-order valence-corrected chi connectivity index (χ4v) is 2.19. The predicted octanol–water partition coefficient (Wildman–Crippen LogP) is 3.54. The molecule has 2 aromatic carbocycles. The van der Waals surface area contributed by atoms with E-state index in [0.717, 1.165) is 5.56 Å². The van der Waals surface area contributed by atoms with Crippen LogP contribution >= 0.6 is 0 Å². The Labute approximate surface area is 157 Å². The van der Waals surface area contributed by atoms with Crippen LogP contribution in [-0.4, -0.2) is 29.8 Å². The van der Waals surface area contributed by atoms with Gasteiger partial charge in [-0.2, -0.15) is 5.10 Å². The number of carbonyl (C=O) groups is 1. The molecule has 0 aliphatic heterocycles. The largest absolute Gasteiger partial charge is 0.490 e. The quantitative estimate of drug-likeness (QED) is 0.434. The van der Waals surface area contributed by atoms with Crippen molar-refractivity contribution in [3.63, 3.8) is 0 Å². The topological polar surface area (TPSA) is 103 Å². The van der Waals surface area contributed by atoms with Crippen LogP contribution in [0.1, 0.15) is 36.7 Å². The van der Waals surface area contributed by atoms with Gasteiger partial charge in [0, 0.05) is 17.7 Å². The van der Waals surface area contributed by atoms with Crippen molar-refractivity contribution in [2.45, 2.75) is 26.9 Å². The molecule has 0 radical (unpaired) electrons. The minimum atomic E-state index is -0.525. The number of nitro groups is 1. The van der Waals surface area contributed by atoms with E-state index in [1.54, 1.807) is 18.2 Å². The molecule has 0 saturated heterocycles. The number of nitrogens with one attached hydrogen (secondary N) is 1. The zero-order chi connectivity index (χ0) is 19.8. The lowest BCUT2D eigenvalue weighted by Gasteiger charge is -2.14. The number of benzene rings is 2. The lowest BCUT2D eigenvalue weighted by atomic mass is 10.2. The van der Waals surface area contributed by atoms with Gasteiger partial charge in [0.1, 0.15) is 0 Å². The first-order valence-electron chi connectivity index (χ1n) is 8.42. The van der Waals surface area contributed by atoms with Crippen molar-refractivity contribution in [3.05, 3.63) is 63.7 Å². The van der Waals surface area contributed by atoms with Gasteiger partial charge >= 0.3 is 0 Å². The highest BCUT2D eigenvalue weighted by molar-refractivity contribution is 5.95. The lowest BCUT2D eigenvalue weighted by molar-refractivity contribution is -0.384. The Balaban J connectivity index is 2.05. The smallest absolute Gasteiger partial charge is 0.271 e. The number of hydrazone groups is 1. The maximum Gasteiger partial charge on any atom is 0.271 e. The molecule has 2 rings (SSSR count). The van der Waals surface area contributed by atoms with Gasteiger partial charge in [-0.1, -0.05) is 0 Å². The molecule has 0 atom stereocenters. The highest BCUT2D eigenvalue weighted by Gasteiger charge is 2.09. The Kier molecular flexibility index (Phi) is 6.87. The Hall–Kier alpha value is -3.42. The second-order valence-electron chi connectivity index (χ2n) is 5.81. The van der Waals surface area contributed by atoms with Crippen LogP contribution in [0, 0.1) is 10.1 Å². The predicted molar refractivity (Wildman–Crippen MR) is 102 cm³/mol. The van der Waals surface area contributed by atoms with Crippen molar-refractivity contribution >= 4 is 17.8 Å². The van der Waals surface area contributed by atoms with Gasteiger partial charge in [-0.25, -0.2) is 5.43 Å². The summed E-state index contributed by atoms with van der Waals surface area (Å²) in [4.78, 5) is 22.1. The normalized spacial score (nSPS) is 10.8. The van der Waals surface area contributed by atoms with Crippen LogP contribution in [0.2, 0.25) is 0 Å². The summed E-state index contributed by atoms with van der Waals surface area (Å²) >= 11 is 0. The van der Waals surface area contributed by atoms with E-state index in [1.165, 1.54) is 30.5 Å². The van der Waals surface area contributed by atoms with Crippen LogP contribution in [0.4, 0.5) is 5.69 Å². The second-order valence-corrected chi connectivity index (χ2v) is 5.81. The number of non-ortho nitro benzene ring substituents is 1. The van der Waals surface area contributed by atoms with Gasteiger partial charge in [-0.05, 0) is 56.7 Å². The molecule has 0 saturated carbocycles. The number of amides is 1. The SMILES string of the molecule is CCOc1cc(/C=N/NC(=O)c2ccc([N+](=O)[O-])cc2)ccc1OC(C)C. The van der Waals surface area contributed by atoms with Crippen molar-refractivity contribution in [3.8, 4) is 11.5 Å². The first-order chi connectivity index (χ1) is 12.9. The number of nitrogens with zero attached hydrogens (tertiary/aromatic N) is 2. The zero-order valence-electron chi connectivity index (χ0n) is 15.3. The summed E-state index contributed by atoms with van der Waals surface area (Å²) in [5.74, 6) is 0.765. The minimum absolute atomic E-state index is 0.0182. The summed E-state index contributed by atoms with van der Waals surface area (Å²) in [6.07, 6.45) is 1.50. The average Bonchev–Trinajstić information content (AvgIpc) is 2.63. The first-order valence-corrected chi connectivity index (χ1v) is 8.42. The van der Waals surface area contributed by atoms with Gasteiger partial charge in [0.2, 0.25) is 0 Å². The zero-order valence-corrected chi connectivity index (χ0v) is 15.3. The number of hydrogen-bond acceptors (Lipinski definition) is 6. The van der Waals surface area contributed by atoms with Crippen molar-refractivity contribution in [2.75, 3.05) is 6.61 Å². The molecule has 0 bridgehead atoms. The summed E-state index contributed by atoms with van der Waals surface area (Å²) < 4.78 is 11.3. The third kappa shape index (κ3) is 5.81.